The average Bonchev–Trinajstić information content (AvgIpc) is 3.54. The van der Waals surface area contributed by atoms with Crippen molar-refractivity contribution in [2.24, 2.45) is 5.92 Å². The number of hydrogen-bond acceptors (Lipinski definition) is 4. The number of carbonyl (C=O) groups excluding carboxylic acids is 1. The van der Waals surface area contributed by atoms with Crippen LogP contribution in [-0.4, -0.2) is 44.1 Å². The van der Waals surface area contributed by atoms with Crippen LogP contribution in [0.3, 0.4) is 0 Å². The quantitative estimate of drug-likeness (QED) is 0.668. The molecule has 3 aliphatic heterocycles. The summed E-state index contributed by atoms with van der Waals surface area (Å²) in [5.41, 5.74) is 2.04. The fraction of sp³-hybridized carbons (Fsp3) is 0.417. The van der Waals surface area contributed by atoms with Crippen LogP contribution in [0.5, 0.6) is 0 Å². The van der Waals surface area contributed by atoms with E-state index >= 15 is 0 Å². The molecule has 1 spiro atoms. The number of nitrogens with zero attached hydrogens (tertiary/aromatic N) is 4. The molecule has 0 radical (unpaired) electrons. The molecule has 6 heteroatoms. The van der Waals surface area contributed by atoms with Gasteiger partial charge in [0.25, 0.3) is 0 Å². The topological polar surface area (TPSA) is 54.5 Å². The predicted octanol–water partition coefficient (Wildman–Crippen LogP) is 3.71. The lowest BCUT2D eigenvalue weighted by Gasteiger charge is -2.33. The predicted molar refractivity (Wildman–Crippen MR) is 112 cm³/mol. The Morgan fingerprint density at radius 2 is 2.17 bits per heavy atom. The lowest BCUT2D eigenvalue weighted by molar-refractivity contribution is -0.137. The molecule has 0 bridgehead atoms. The Morgan fingerprint density at radius 3 is 2.97 bits per heavy atom. The van der Waals surface area contributed by atoms with Crippen LogP contribution in [0.2, 0.25) is 0 Å². The first-order chi connectivity index (χ1) is 14.6. The molecule has 3 atom stereocenters. The maximum Gasteiger partial charge on any atom is 0.243 e. The SMILES string of the molecule is Cc1ccc(CN2C[C@@H]3C[C@@H](c4cccc(-n5cccn5)c4)N4CCC[C@@]34C2=O)o1. The summed E-state index contributed by atoms with van der Waals surface area (Å²) < 4.78 is 7.65. The van der Waals surface area contributed by atoms with Gasteiger partial charge in [0, 0.05) is 30.9 Å². The molecule has 2 aromatic heterocycles. The molecule has 6 nitrogen and oxygen atoms in total. The van der Waals surface area contributed by atoms with Gasteiger partial charge in [0.2, 0.25) is 5.91 Å². The number of aromatic nitrogens is 2. The number of amides is 1. The second-order valence-corrected chi connectivity index (χ2v) is 8.91. The minimum absolute atomic E-state index is 0.296. The molecule has 0 N–H and O–H groups in total. The van der Waals surface area contributed by atoms with Crippen molar-refractivity contribution in [3.05, 3.63) is 71.9 Å². The molecule has 1 aromatic carbocycles. The Balaban J connectivity index is 1.29. The minimum atomic E-state index is -0.325. The number of carbonyl (C=O) groups is 1. The van der Waals surface area contributed by atoms with Crippen molar-refractivity contribution >= 4 is 5.91 Å². The number of benzene rings is 1. The van der Waals surface area contributed by atoms with Gasteiger partial charge in [-0.05, 0) is 68.6 Å². The summed E-state index contributed by atoms with van der Waals surface area (Å²) in [6.45, 7) is 4.35. The van der Waals surface area contributed by atoms with Crippen molar-refractivity contribution in [1.82, 2.24) is 19.6 Å². The van der Waals surface area contributed by atoms with Crippen molar-refractivity contribution in [2.75, 3.05) is 13.1 Å². The van der Waals surface area contributed by atoms with E-state index in [1.54, 1.807) is 6.20 Å². The van der Waals surface area contributed by atoms with E-state index in [9.17, 15) is 4.79 Å². The van der Waals surface area contributed by atoms with Gasteiger partial charge in [0.15, 0.2) is 0 Å². The van der Waals surface area contributed by atoms with E-state index in [1.165, 1.54) is 5.56 Å². The van der Waals surface area contributed by atoms with E-state index < -0.39 is 0 Å². The zero-order valence-corrected chi connectivity index (χ0v) is 17.2. The molecule has 3 saturated heterocycles. The molecule has 1 amide bonds. The second-order valence-electron chi connectivity index (χ2n) is 8.91. The fourth-order valence-corrected chi connectivity index (χ4v) is 6.09. The molecule has 0 aliphatic carbocycles. The standard InChI is InChI=1S/C24H26N4O2/c1-17-7-8-21(30-17)16-26-15-19-14-22(27-11-3-9-24(19,27)23(26)29)18-5-2-6-20(13-18)28-12-4-10-25-28/h2,4-8,10,12-13,19,22H,3,9,11,14-16H2,1H3/t19-,22-,24-/m0/s1. The highest BCUT2D eigenvalue weighted by Crippen LogP contribution is 2.56. The summed E-state index contributed by atoms with van der Waals surface area (Å²) in [7, 11) is 0. The van der Waals surface area contributed by atoms with Crippen molar-refractivity contribution in [3.8, 4) is 5.69 Å². The van der Waals surface area contributed by atoms with E-state index in [0.717, 1.165) is 49.6 Å². The van der Waals surface area contributed by atoms with Crippen LogP contribution < -0.4 is 0 Å². The smallest absolute Gasteiger partial charge is 0.243 e. The van der Waals surface area contributed by atoms with Crippen LogP contribution >= 0.6 is 0 Å². The molecule has 3 aromatic rings. The van der Waals surface area contributed by atoms with E-state index in [-0.39, 0.29) is 5.54 Å². The lowest BCUT2D eigenvalue weighted by Crippen LogP contribution is -2.49. The molecule has 3 aliphatic rings. The van der Waals surface area contributed by atoms with Crippen molar-refractivity contribution in [1.29, 1.82) is 0 Å². The van der Waals surface area contributed by atoms with Gasteiger partial charge in [-0.1, -0.05) is 12.1 Å². The van der Waals surface area contributed by atoms with E-state index in [4.69, 9.17) is 4.42 Å². The molecule has 6 rings (SSSR count). The van der Waals surface area contributed by atoms with Gasteiger partial charge in [0.05, 0.1) is 12.2 Å². The minimum Gasteiger partial charge on any atom is -0.464 e. The first kappa shape index (κ1) is 18.0. The third-order valence-electron chi connectivity index (χ3n) is 7.29. The van der Waals surface area contributed by atoms with Gasteiger partial charge < -0.3 is 9.32 Å². The highest BCUT2D eigenvalue weighted by atomic mass is 16.3. The van der Waals surface area contributed by atoms with Gasteiger partial charge in [-0.3, -0.25) is 9.69 Å². The van der Waals surface area contributed by atoms with Gasteiger partial charge in [-0.25, -0.2) is 4.68 Å². The number of rotatable bonds is 4. The van der Waals surface area contributed by atoms with E-state index in [2.05, 4.69) is 34.3 Å². The first-order valence-electron chi connectivity index (χ1n) is 10.9. The third kappa shape index (κ3) is 2.53. The maximum atomic E-state index is 13.7. The fourth-order valence-electron chi connectivity index (χ4n) is 6.09. The van der Waals surface area contributed by atoms with E-state index in [1.807, 2.05) is 40.9 Å². The van der Waals surface area contributed by atoms with Crippen LogP contribution in [0.15, 0.2) is 59.3 Å². The number of aryl methyl sites for hydroxylation is 1. The highest BCUT2D eigenvalue weighted by molar-refractivity contribution is 5.90. The average molecular weight is 402 g/mol. The molecule has 0 unspecified atom stereocenters. The van der Waals surface area contributed by atoms with Gasteiger partial charge in [0.1, 0.15) is 17.1 Å². The number of likely N-dealkylation sites (tertiary alicyclic amines) is 1. The summed E-state index contributed by atoms with van der Waals surface area (Å²) in [6.07, 6.45) is 6.86. The Kier molecular flexibility index (Phi) is 3.93. The Bertz CT molecular complexity index is 1090. The number of furan rings is 1. The summed E-state index contributed by atoms with van der Waals surface area (Å²) in [5.74, 6) is 2.45. The van der Waals surface area contributed by atoms with Crippen molar-refractivity contribution < 1.29 is 9.21 Å². The summed E-state index contributed by atoms with van der Waals surface area (Å²) in [6, 6.07) is 14.8. The monoisotopic (exact) mass is 402 g/mol. The summed E-state index contributed by atoms with van der Waals surface area (Å²) in [4.78, 5) is 18.2. The van der Waals surface area contributed by atoms with Crippen molar-refractivity contribution in [3.63, 3.8) is 0 Å². The maximum absolute atomic E-state index is 13.7. The van der Waals surface area contributed by atoms with Crippen LogP contribution in [0.1, 0.15) is 42.4 Å². The molecule has 3 fully saturated rings. The number of hydrogen-bond donors (Lipinski definition) is 0. The second kappa shape index (κ2) is 6.57. The Morgan fingerprint density at radius 1 is 1.23 bits per heavy atom. The molecule has 0 saturated carbocycles. The molecule has 154 valence electrons. The largest absolute Gasteiger partial charge is 0.464 e. The van der Waals surface area contributed by atoms with Crippen LogP contribution in [0, 0.1) is 12.8 Å². The Labute approximate surface area is 176 Å². The van der Waals surface area contributed by atoms with Crippen molar-refractivity contribution in [2.45, 2.75) is 44.3 Å². The zero-order valence-electron chi connectivity index (χ0n) is 17.2. The summed E-state index contributed by atoms with van der Waals surface area (Å²) in [5, 5.41) is 4.37. The molecular formula is C24H26N4O2. The van der Waals surface area contributed by atoms with Gasteiger partial charge in [-0.15, -0.1) is 0 Å². The van der Waals surface area contributed by atoms with Crippen LogP contribution in [0.4, 0.5) is 0 Å². The van der Waals surface area contributed by atoms with E-state index in [0.29, 0.717) is 24.4 Å². The third-order valence-corrected chi connectivity index (χ3v) is 7.29. The Hall–Kier alpha value is -2.86. The lowest BCUT2D eigenvalue weighted by atomic mass is 9.85. The van der Waals surface area contributed by atoms with Gasteiger partial charge >= 0.3 is 0 Å². The molecule has 5 heterocycles. The summed E-state index contributed by atoms with van der Waals surface area (Å²) >= 11 is 0. The molecular weight excluding hydrogens is 376 g/mol. The zero-order chi connectivity index (χ0) is 20.3. The van der Waals surface area contributed by atoms with Gasteiger partial charge in [-0.2, -0.15) is 5.10 Å². The first-order valence-corrected chi connectivity index (χ1v) is 10.9. The molecule has 30 heavy (non-hydrogen) atoms. The van der Waals surface area contributed by atoms with Crippen LogP contribution in [0.25, 0.3) is 5.69 Å². The normalized spacial score (nSPS) is 28.3. The highest BCUT2D eigenvalue weighted by Gasteiger charge is 2.65. The van der Waals surface area contributed by atoms with Crippen LogP contribution in [-0.2, 0) is 11.3 Å².